The van der Waals surface area contributed by atoms with Gasteiger partial charge in [0.2, 0.25) is 0 Å². The van der Waals surface area contributed by atoms with E-state index in [0.29, 0.717) is 11.3 Å². The maximum Gasteiger partial charge on any atom is 0.266 e. The molecule has 0 aliphatic carbocycles. The molecule has 9 heteroatoms. The van der Waals surface area contributed by atoms with E-state index in [-0.39, 0.29) is 15.5 Å². The van der Waals surface area contributed by atoms with Crippen molar-refractivity contribution in [2.24, 2.45) is 10.7 Å². The molecule has 3 rings (SSSR count). The average Bonchev–Trinajstić information content (AvgIpc) is 2.90. The summed E-state index contributed by atoms with van der Waals surface area (Å²) >= 11 is 1.12. The summed E-state index contributed by atoms with van der Waals surface area (Å²) in [6, 6.07) is 0. The molecular weight excluding hydrogens is 288 g/mol. The number of nitrogens with two attached hydrogens (primary N) is 1. The topological polar surface area (TPSA) is 117 Å². The highest BCUT2D eigenvalue weighted by molar-refractivity contribution is 8.03. The lowest BCUT2D eigenvalue weighted by Gasteiger charge is -2.13. The second-order valence-electron chi connectivity index (χ2n) is 3.84. The summed E-state index contributed by atoms with van der Waals surface area (Å²) < 4.78 is 26.8. The van der Waals surface area contributed by atoms with E-state index in [1.165, 1.54) is 18.6 Å². The van der Waals surface area contributed by atoms with Crippen LogP contribution >= 0.6 is 11.8 Å². The number of primary amides is 1. The Morgan fingerprint density at radius 3 is 2.95 bits per heavy atom. The number of sulfonamides is 1. The SMILES string of the molecule is NC(=O)c1[nH]cc2c1SC=C1C=NC=C1NS2(=O)=O. The van der Waals surface area contributed by atoms with Crippen molar-refractivity contribution in [2.75, 3.05) is 0 Å². The number of hydrogen-bond donors (Lipinski definition) is 3. The first kappa shape index (κ1) is 12.1. The Labute approximate surface area is 112 Å². The second kappa shape index (κ2) is 4.00. The van der Waals surface area contributed by atoms with Gasteiger partial charge in [0.15, 0.2) is 0 Å². The van der Waals surface area contributed by atoms with Crippen LogP contribution in [0.2, 0.25) is 0 Å². The van der Waals surface area contributed by atoms with Crippen molar-refractivity contribution in [3.63, 3.8) is 0 Å². The predicted molar refractivity (Wildman–Crippen MR) is 70.1 cm³/mol. The molecule has 0 aromatic carbocycles. The van der Waals surface area contributed by atoms with Crippen LogP contribution in [0.25, 0.3) is 0 Å². The molecule has 4 N–H and O–H groups in total. The Kier molecular flexibility index (Phi) is 2.54. The van der Waals surface area contributed by atoms with Crippen LogP contribution in [0.5, 0.6) is 0 Å². The van der Waals surface area contributed by atoms with Crippen LogP contribution < -0.4 is 10.5 Å². The summed E-state index contributed by atoms with van der Waals surface area (Å²) in [6.45, 7) is 0. The normalized spacial score (nSPS) is 19.4. The lowest BCUT2D eigenvalue weighted by Crippen LogP contribution is -2.24. The second-order valence-corrected chi connectivity index (χ2v) is 6.37. The van der Waals surface area contributed by atoms with Crippen LogP contribution in [0.1, 0.15) is 10.5 Å². The average molecular weight is 296 g/mol. The number of allylic oxidation sites excluding steroid dienone is 1. The van der Waals surface area contributed by atoms with Crippen LogP contribution in [0, 0.1) is 0 Å². The first-order valence-corrected chi connectivity index (χ1v) is 7.50. The van der Waals surface area contributed by atoms with E-state index in [1.807, 2.05) is 0 Å². The third-order valence-electron chi connectivity index (χ3n) is 2.61. The van der Waals surface area contributed by atoms with E-state index in [9.17, 15) is 13.2 Å². The van der Waals surface area contributed by atoms with Crippen molar-refractivity contribution in [2.45, 2.75) is 9.79 Å². The van der Waals surface area contributed by atoms with Crippen LogP contribution in [0.3, 0.4) is 0 Å². The van der Waals surface area contributed by atoms with Gasteiger partial charge < -0.3 is 10.7 Å². The summed E-state index contributed by atoms with van der Waals surface area (Å²) in [7, 11) is -3.77. The number of fused-ring (bicyclic) bond motifs is 2. The third-order valence-corrected chi connectivity index (χ3v) is 5.16. The number of carbonyl (C=O) groups excluding carboxylic acids is 1. The van der Waals surface area contributed by atoms with Gasteiger partial charge in [-0.25, -0.2) is 8.42 Å². The Morgan fingerprint density at radius 2 is 2.21 bits per heavy atom. The molecular formula is C10H8N4O3S2. The van der Waals surface area contributed by atoms with Gasteiger partial charge in [-0.15, -0.1) is 0 Å². The van der Waals surface area contributed by atoms with Crippen molar-refractivity contribution in [3.8, 4) is 0 Å². The lowest BCUT2D eigenvalue weighted by atomic mass is 10.3. The zero-order valence-electron chi connectivity index (χ0n) is 9.38. The fourth-order valence-corrected chi connectivity index (χ4v) is 4.22. The summed E-state index contributed by atoms with van der Waals surface area (Å²) in [5.41, 5.74) is 6.32. The smallest absolute Gasteiger partial charge is 0.266 e. The zero-order chi connectivity index (χ0) is 13.6. The molecule has 98 valence electrons. The minimum atomic E-state index is -3.77. The maximum absolute atomic E-state index is 12.2. The molecule has 0 saturated heterocycles. The molecule has 0 atom stereocenters. The van der Waals surface area contributed by atoms with Gasteiger partial charge in [0.1, 0.15) is 10.6 Å². The standard InChI is InChI=1S/C10H8N4O3S2/c11-10(15)8-9-7(3-13-8)19(16,17)14-6-2-12-1-5(6)4-18-9/h1-4,13-14H,(H2,11,15). The lowest BCUT2D eigenvalue weighted by molar-refractivity contribution is 0.0993. The van der Waals surface area contributed by atoms with Gasteiger partial charge in [-0.3, -0.25) is 14.5 Å². The van der Waals surface area contributed by atoms with Gasteiger partial charge >= 0.3 is 0 Å². The quantitative estimate of drug-likeness (QED) is 0.691. The van der Waals surface area contributed by atoms with E-state index in [0.717, 1.165) is 11.8 Å². The molecule has 19 heavy (non-hydrogen) atoms. The Hall–Kier alpha value is -2.00. The Bertz CT molecular complexity index is 771. The highest BCUT2D eigenvalue weighted by Crippen LogP contribution is 2.35. The maximum atomic E-state index is 12.2. The third kappa shape index (κ3) is 1.87. The molecule has 0 fully saturated rings. The first-order valence-electron chi connectivity index (χ1n) is 5.13. The monoisotopic (exact) mass is 296 g/mol. The highest BCUT2D eigenvalue weighted by Gasteiger charge is 2.28. The number of amides is 1. The highest BCUT2D eigenvalue weighted by atomic mass is 32.2. The predicted octanol–water partition coefficient (Wildman–Crippen LogP) is 0.307. The molecule has 1 aromatic rings. The molecule has 7 nitrogen and oxygen atoms in total. The molecule has 1 aromatic heterocycles. The number of aromatic amines is 1. The van der Waals surface area contributed by atoms with E-state index in [4.69, 9.17) is 5.73 Å². The number of aromatic nitrogens is 1. The van der Waals surface area contributed by atoms with E-state index in [2.05, 4.69) is 14.7 Å². The van der Waals surface area contributed by atoms with Gasteiger partial charge in [-0.2, -0.15) is 0 Å². The van der Waals surface area contributed by atoms with Gasteiger partial charge in [-0.05, 0) is 5.41 Å². The summed E-state index contributed by atoms with van der Waals surface area (Å²) in [5.74, 6) is -0.709. The molecule has 0 unspecified atom stereocenters. The van der Waals surface area contributed by atoms with Crippen LogP contribution in [-0.4, -0.2) is 25.5 Å². The summed E-state index contributed by atoms with van der Waals surface area (Å²) in [5, 5.41) is 1.71. The van der Waals surface area contributed by atoms with Crippen LogP contribution in [-0.2, 0) is 10.0 Å². The molecule has 2 aliphatic heterocycles. The summed E-state index contributed by atoms with van der Waals surface area (Å²) in [6.07, 6.45) is 4.21. The van der Waals surface area contributed by atoms with Crippen molar-refractivity contribution >= 4 is 33.9 Å². The fraction of sp³-hybridized carbons (Fsp3) is 0. The van der Waals surface area contributed by atoms with Crippen LogP contribution in [0.15, 0.2) is 43.9 Å². The fourth-order valence-electron chi connectivity index (χ4n) is 1.73. The largest absolute Gasteiger partial charge is 0.364 e. The number of nitrogens with zero attached hydrogens (tertiary/aromatic N) is 1. The Morgan fingerprint density at radius 1 is 1.42 bits per heavy atom. The minimum absolute atomic E-state index is 0.00519. The Balaban J connectivity index is 2.22. The van der Waals surface area contributed by atoms with E-state index in [1.54, 1.807) is 5.41 Å². The summed E-state index contributed by atoms with van der Waals surface area (Å²) in [4.78, 5) is 18.0. The van der Waals surface area contributed by atoms with Crippen LogP contribution in [0.4, 0.5) is 0 Å². The molecule has 2 aliphatic rings. The number of H-pyrrole nitrogens is 1. The first-order chi connectivity index (χ1) is 8.99. The minimum Gasteiger partial charge on any atom is -0.364 e. The van der Waals surface area contributed by atoms with Gasteiger partial charge in [-0.1, -0.05) is 11.8 Å². The molecule has 3 heterocycles. The van der Waals surface area contributed by atoms with E-state index >= 15 is 0 Å². The van der Waals surface area contributed by atoms with Crippen molar-refractivity contribution in [3.05, 3.63) is 34.8 Å². The number of thioether (sulfide) groups is 1. The van der Waals surface area contributed by atoms with Gasteiger partial charge in [0, 0.05) is 18.0 Å². The van der Waals surface area contributed by atoms with Crippen molar-refractivity contribution < 1.29 is 13.2 Å². The van der Waals surface area contributed by atoms with Gasteiger partial charge in [0.05, 0.1) is 16.8 Å². The number of carbonyl (C=O) groups is 1. The molecule has 0 bridgehead atoms. The molecule has 0 radical (unpaired) electrons. The number of rotatable bonds is 1. The molecule has 1 amide bonds. The zero-order valence-corrected chi connectivity index (χ0v) is 11.0. The molecule has 0 spiro atoms. The number of nitrogens with one attached hydrogen (secondary N) is 2. The molecule has 0 saturated carbocycles. The van der Waals surface area contributed by atoms with Crippen molar-refractivity contribution in [1.29, 1.82) is 0 Å². The van der Waals surface area contributed by atoms with Gasteiger partial charge in [0.25, 0.3) is 15.9 Å². The number of hydrogen-bond acceptors (Lipinski definition) is 5. The van der Waals surface area contributed by atoms with E-state index < -0.39 is 15.9 Å². The number of aliphatic imine (C=N–C) groups is 1. The van der Waals surface area contributed by atoms with Crippen molar-refractivity contribution in [1.82, 2.24) is 9.71 Å².